The van der Waals surface area contributed by atoms with Crippen LogP contribution in [0.3, 0.4) is 0 Å². The molecular formula is C17H18N2O2. The summed E-state index contributed by atoms with van der Waals surface area (Å²) in [5.41, 5.74) is 9.13. The number of hydrogen-bond acceptors (Lipinski definition) is 3. The van der Waals surface area contributed by atoms with Gasteiger partial charge in [0.15, 0.2) is 0 Å². The van der Waals surface area contributed by atoms with Gasteiger partial charge in [-0.05, 0) is 37.1 Å². The van der Waals surface area contributed by atoms with E-state index in [0.29, 0.717) is 17.0 Å². The molecule has 1 atom stereocenters. The second-order valence-corrected chi connectivity index (χ2v) is 5.31. The topological polar surface area (TPSA) is 55.6 Å². The van der Waals surface area contributed by atoms with Crippen molar-refractivity contribution in [3.05, 3.63) is 53.6 Å². The number of nitrogens with two attached hydrogens (primary N) is 1. The fourth-order valence-corrected chi connectivity index (χ4v) is 2.87. The molecule has 2 aromatic rings. The first-order valence-electron chi connectivity index (χ1n) is 6.97. The lowest BCUT2D eigenvalue weighted by Crippen LogP contribution is -2.36. The molecule has 1 heterocycles. The van der Waals surface area contributed by atoms with Crippen molar-refractivity contribution in [2.45, 2.75) is 19.4 Å². The molecule has 108 valence electrons. The van der Waals surface area contributed by atoms with Crippen molar-refractivity contribution in [3.8, 4) is 5.75 Å². The second kappa shape index (κ2) is 5.13. The molecule has 0 aromatic heterocycles. The number of nitrogens with zero attached hydrogens (tertiary/aromatic N) is 1. The number of carbonyl (C=O) groups is 1. The summed E-state index contributed by atoms with van der Waals surface area (Å²) in [6.07, 6.45) is 0.873. The third kappa shape index (κ3) is 2.23. The SMILES string of the molecule is COc1ccc(C(=O)N2c3ccccc3CC2C)c(N)c1. The fourth-order valence-electron chi connectivity index (χ4n) is 2.87. The summed E-state index contributed by atoms with van der Waals surface area (Å²) < 4.78 is 5.13. The molecule has 4 nitrogen and oxygen atoms in total. The predicted octanol–water partition coefficient (Wildman–Crippen LogP) is 2.87. The number of ether oxygens (including phenoxy) is 1. The Kier molecular flexibility index (Phi) is 3.29. The molecule has 4 heteroatoms. The van der Waals surface area contributed by atoms with Gasteiger partial charge in [0.2, 0.25) is 0 Å². The van der Waals surface area contributed by atoms with Crippen LogP contribution in [-0.2, 0) is 6.42 Å². The fraction of sp³-hybridized carbons (Fsp3) is 0.235. The Labute approximate surface area is 124 Å². The zero-order valence-corrected chi connectivity index (χ0v) is 12.2. The van der Waals surface area contributed by atoms with E-state index in [9.17, 15) is 4.79 Å². The minimum Gasteiger partial charge on any atom is -0.497 e. The number of fused-ring (bicyclic) bond motifs is 1. The Bertz CT molecular complexity index is 697. The van der Waals surface area contributed by atoms with E-state index >= 15 is 0 Å². The molecule has 0 radical (unpaired) electrons. The number of para-hydroxylation sites is 1. The van der Waals surface area contributed by atoms with E-state index in [0.717, 1.165) is 12.1 Å². The van der Waals surface area contributed by atoms with Crippen molar-refractivity contribution in [1.82, 2.24) is 0 Å². The van der Waals surface area contributed by atoms with Crippen LogP contribution in [0.4, 0.5) is 11.4 Å². The van der Waals surface area contributed by atoms with Crippen molar-refractivity contribution in [2.75, 3.05) is 17.7 Å². The van der Waals surface area contributed by atoms with E-state index in [4.69, 9.17) is 10.5 Å². The monoisotopic (exact) mass is 282 g/mol. The minimum atomic E-state index is -0.0624. The summed E-state index contributed by atoms with van der Waals surface area (Å²) >= 11 is 0. The van der Waals surface area contributed by atoms with Gasteiger partial charge in [0, 0.05) is 23.5 Å². The third-order valence-corrected chi connectivity index (χ3v) is 3.92. The predicted molar refractivity (Wildman–Crippen MR) is 83.8 cm³/mol. The maximum absolute atomic E-state index is 12.8. The van der Waals surface area contributed by atoms with E-state index in [2.05, 4.69) is 13.0 Å². The Morgan fingerprint density at radius 2 is 2.05 bits per heavy atom. The molecule has 2 N–H and O–H groups in total. The van der Waals surface area contributed by atoms with Crippen LogP contribution in [0.15, 0.2) is 42.5 Å². The molecule has 1 unspecified atom stereocenters. The first-order valence-corrected chi connectivity index (χ1v) is 6.97. The molecule has 2 aromatic carbocycles. The zero-order chi connectivity index (χ0) is 15.0. The number of nitrogen functional groups attached to an aromatic ring is 1. The molecule has 0 aliphatic carbocycles. The van der Waals surface area contributed by atoms with Crippen molar-refractivity contribution in [1.29, 1.82) is 0 Å². The van der Waals surface area contributed by atoms with E-state index < -0.39 is 0 Å². The molecule has 3 rings (SSSR count). The first kappa shape index (κ1) is 13.5. The highest BCUT2D eigenvalue weighted by Gasteiger charge is 2.31. The average Bonchev–Trinajstić information content (AvgIpc) is 2.82. The van der Waals surface area contributed by atoms with E-state index in [1.807, 2.05) is 23.1 Å². The van der Waals surface area contributed by atoms with Crippen LogP contribution in [0.2, 0.25) is 0 Å². The van der Waals surface area contributed by atoms with Crippen LogP contribution in [0.5, 0.6) is 5.75 Å². The van der Waals surface area contributed by atoms with Gasteiger partial charge < -0.3 is 15.4 Å². The largest absolute Gasteiger partial charge is 0.497 e. The molecule has 0 saturated carbocycles. The van der Waals surface area contributed by atoms with Crippen LogP contribution in [0, 0.1) is 0 Å². The Morgan fingerprint density at radius 1 is 1.29 bits per heavy atom. The molecule has 1 aliphatic rings. The molecule has 0 fully saturated rings. The Morgan fingerprint density at radius 3 is 2.76 bits per heavy atom. The summed E-state index contributed by atoms with van der Waals surface area (Å²) in [6, 6.07) is 13.3. The standard InChI is InChI=1S/C17H18N2O2/c1-11-9-12-5-3-4-6-16(12)19(11)17(20)14-8-7-13(21-2)10-15(14)18/h3-8,10-11H,9,18H2,1-2H3. The van der Waals surface area contributed by atoms with Crippen molar-refractivity contribution in [3.63, 3.8) is 0 Å². The summed E-state index contributed by atoms with van der Waals surface area (Å²) in [7, 11) is 1.58. The first-order chi connectivity index (χ1) is 10.1. The lowest BCUT2D eigenvalue weighted by atomic mass is 10.1. The number of amides is 1. The third-order valence-electron chi connectivity index (χ3n) is 3.92. The molecule has 0 spiro atoms. The van der Waals surface area contributed by atoms with Gasteiger partial charge in [-0.25, -0.2) is 0 Å². The van der Waals surface area contributed by atoms with Gasteiger partial charge in [-0.15, -0.1) is 0 Å². The summed E-state index contributed by atoms with van der Waals surface area (Å²) in [5, 5.41) is 0. The number of hydrogen-bond donors (Lipinski definition) is 1. The lowest BCUT2D eigenvalue weighted by molar-refractivity contribution is 0.0982. The molecule has 1 aliphatic heterocycles. The summed E-state index contributed by atoms with van der Waals surface area (Å²) in [4.78, 5) is 14.7. The summed E-state index contributed by atoms with van der Waals surface area (Å²) in [6.45, 7) is 2.05. The molecule has 1 amide bonds. The highest BCUT2D eigenvalue weighted by Crippen LogP contribution is 2.34. The molecule has 0 saturated heterocycles. The number of methoxy groups -OCH3 is 1. The Balaban J connectivity index is 1.99. The molecule has 21 heavy (non-hydrogen) atoms. The van der Waals surface area contributed by atoms with E-state index in [1.54, 1.807) is 25.3 Å². The van der Waals surface area contributed by atoms with Gasteiger partial charge in [0.25, 0.3) is 5.91 Å². The van der Waals surface area contributed by atoms with Crippen LogP contribution in [0.25, 0.3) is 0 Å². The number of anilines is 2. The average molecular weight is 282 g/mol. The van der Waals surface area contributed by atoms with Crippen LogP contribution < -0.4 is 15.4 Å². The van der Waals surface area contributed by atoms with Gasteiger partial charge in [0.05, 0.1) is 12.7 Å². The zero-order valence-electron chi connectivity index (χ0n) is 12.2. The number of carbonyl (C=O) groups excluding carboxylic acids is 1. The highest BCUT2D eigenvalue weighted by molar-refractivity contribution is 6.10. The number of benzene rings is 2. The van der Waals surface area contributed by atoms with E-state index in [-0.39, 0.29) is 11.9 Å². The van der Waals surface area contributed by atoms with Crippen LogP contribution >= 0.6 is 0 Å². The van der Waals surface area contributed by atoms with E-state index in [1.165, 1.54) is 5.56 Å². The van der Waals surface area contributed by atoms with Gasteiger partial charge >= 0.3 is 0 Å². The van der Waals surface area contributed by atoms with Crippen molar-refractivity contribution in [2.24, 2.45) is 0 Å². The summed E-state index contributed by atoms with van der Waals surface area (Å²) in [5.74, 6) is 0.589. The van der Waals surface area contributed by atoms with Crippen LogP contribution in [-0.4, -0.2) is 19.1 Å². The van der Waals surface area contributed by atoms with Crippen molar-refractivity contribution >= 4 is 17.3 Å². The normalized spacial score (nSPS) is 16.7. The van der Waals surface area contributed by atoms with Gasteiger partial charge in [-0.3, -0.25) is 4.79 Å². The lowest BCUT2D eigenvalue weighted by Gasteiger charge is -2.23. The van der Waals surface area contributed by atoms with Crippen molar-refractivity contribution < 1.29 is 9.53 Å². The number of rotatable bonds is 2. The minimum absolute atomic E-state index is 0.0624. The smallest absolute Gasteiger partial charge is 0.260 e. The quantitative estimate of drug-likeness (QED) is 0.862. The van der Waals surface area contributed by atoms with Gasteiger partial charge in [-0.1, -0.05) is 18.2 Å². The molecule has 0 bridgehead atoms. The Hall–Kier alpha value is -2.49. The van der Waals surface area contributed by atoms with Gasteiger partial charge in [0.1, 0.15) is 5.75 Å². The van der Waals surface area contributed by atoms with Gasteiger partial charge in [-0.2, -0.15) is 0 Å². The highest BCUT2D eigenvalue weighted by atomic mass is 16.5. The maximum atomic E-state index is 12.8. The maximum Gasteiger partial charge on any atom is 0.260 e. The second-order valence-electron chi connectivity index (χ2n) is 5.31. The molecular weight excluding hydrogens is 264 g/mol. The van der Waals surface area contributed by atoms with Crippen LogP contribution in [0.1, 0.15) is 22.8 Å².